The number of carbonyl (C=O) groups excluding carboxylic acids is 1. The molecule has 0 aliphatic carbocycles. The van der Waals surface area contributed by atoms with Crippen molar-refractivity contribution in [2.75, 3.05) is 25.1 Å². The Morgan fingerprint density at radius 1 is 1.33 bits per heavy atom. The SMILES string of the molecule is CCCCCC(C)NC(=NC)NCCC(=O)NC1CCS(=O)(=O)C1. The number of aliphatic imine (C=N–C) groups is 1. The largest absolute Gasteiger partial charge is 0.356 e. The molecule has 1 saturated heterocycles. The third kappa shape index (κ3) is 8.52. The summed E-state index contributed by atoms with van der Waals surface area (Å²) < 4.78 is 22.7. The van der Waals surface area contributed by atoms with Gasteiger partial charge in [-0.15, -0.1) is 0 Å². The smallest absolute Gasteiger partial charge is 0.222 e. The molecule has 1 aliphatic rings. The Balaban J connectivity index is 2.20. The van der Waals surface area contributed by atoms with E-state index in [0.29, 0.717) is 31.4 Å². The van der Waals surface area contributed by atoms with Crippen molar-refractivity contribution in [1.29, 1.82) is 0 Å². The maximum atomic E-state index is 11.9. The van der Waals surface area contributed by atoms with E-state index < -0.39 is 9.84 Å². The molecular weight excluding hydrogens is 328 g/mol. The summed E-state index contributed by atoms with van der Waals surface area (Å²) in [6.45, 7) is 4.77. The number of guanidine groups is 1. The molecule has 1 fully saturated rings. The molecule has 8 heteroatoms. The molecule has 140 valence electrons. The molecule has 1 amide bonds. The number of nitrogens with zero attached hydrogens (tertiary/aromatic N) is 1. The molecule has 2 unspecified atom stereocenters. The molecule has 2 atom stereocenters. The van der Waals surface area contributed by atoms with Crippen LogP contribution in [0.1, 0.15) is 52.4 Å². The molecule has 0 spiro atoms. The van der Waals surface area contributed by atoms with Crippen LogP contribution in [-0.2, 0) is 14.6 Å². The van der Waals surface area contributed by atoms with Gasteiger partial charge in [0.15, 0.2) is 15.8 Å². The van der Waals surface area contributed by atoms with Gasteiger partial charge in [0.05, 0.1) is 11.5 Å². The van der Waals surface area contributed by atoms with E-state index in [1.807, 2.05) is 0 Å². The van der Waals surface area contributed by atoms with Crippen molar-refractivity contribution in [3.63, 3.8) is 0 Å². The van der Waals surface area contributed by atoms with E-state index in [1.165, 1.54) is 19.3 Å². The minimum absolute atomic E-state index is 0.0602. The van der Waals surface area contributed by atoms with Crippen LogP contribution in [0, 0.1) is 0 Å². The van der Waals surface area contributed by atoms with E-state index in [1.54, 1.807) is 7.05 Å². The van der Waals surface area contributed by atoms with Crippen molar-refractivity contribution in [2.45, 2.75) is 64.5 Å². The minimum atomic E-state index is -2.96. The molecule has 1 aliphatic heterocycles. The van der Waals surface area contributed by atoms with Gasteiger partial charge in [-0.3, -0.25) is 9.79 Å². The molecule has 7 nitrogen and oxygen atoms in total. The van der Waals surface area contributed by atoms with Gasteiger partial charge >= 0.3 is 0 Å². The second-order valence-corrected chi connectivity index (χ2v) is 8.69. The molecule has 1 rings (SSSR count). The summed E-state index contributed by atoms with van der Waals surface area (Å²) in [4.78, 5) is 16.0. The predicted molar refractivity (Wildman–Crippen MR) is 97.9 cm³/mol. The van der Waals surface area contributed by atoms with Crippen LogP contribution in [0.2, 0.25) is 0 Å². The van der Waals surface area contributed by atoms with Gasteiger partial charge in [0, 0.05) is 32.1 Å². The Labute approximate surface area is 146 Å². The highest BCUT2D eigenvalue weighted by molar-refractivity contribution is 7.91. The number of hydrogen-bond donors (Lipinski definition) is 3. The summed E-state index contributed by atoms with van der Waals surface area (Å²) in [5.74, 6) is 0.791. The third-order valence-electron chi connectivity index (χ3n) is 4.09. The summed E-state index contributed by atoms with van der Waals surface area (Å²) >= 11 is 0. The van der Waals surface area contributed by atoms with E-state index in [0.717, 1.165) is 6.42 Å². The fourth-order valence-corrected chi connectivity index (χ4v) is 4.38. The van der Waals surface area contributed by atoms with Gasteiger partial charge in [-0.1, -0.05) is 26.2 Å². The molecule has 0 saturated carbocycles. The molecule has 0 aromatic carbocycles. The number of sulfone groups is 1. The first kappa shape index (κ1) is 20.7. The first-order valence-corrected chi connectivity index (χ1v) is 10.7. The first-order valence-electron chi connectivity index (χ1n) is 8.83. The van der Waals surface area contributed by atoms with E-state index in [-0.39, 0.29) is 23.5 Å². The lowest BCUT2D eigenvalue weighted by molar-refractivity contribution is -0.121. The lowest BCUT2D eigenvalue weighted by Crippen LogP contribution is -2.44. The number of carbonyl (C=O) groups is 1. The lowest BCUT2D eigenvalue weighted by Gasteiger charge is -2.18. The van der Waals surface area contributed by atoms with E-state index in [9.17, 15) is 13.2 Å². The molecule has 3 N–H and O–H groups in total. The molecule has 0 bridgehead atoms. The predicted octanol–water partition coefficient (Wildman–Crippen LogP) is 0.814. The highest BCUT2D eigenvalue weighted by Gasteiger charge is 2.28. The van der Waals surface area contributed by atoms with Crippen molar-refractivity contribution in [3.05, 3.63) is 0 Å². The summed E-state index contributed by atoms with van der Waals surface area (Å²) in [6.07, 6.45) is 5.52. The summed E-state index contributed by atoms with van der Waals surface area (Å²) in [5.41, 5.74) is 0. The monoisotopic (exact) mass is 360 g/mol. The van der Waals surface area contributed by atoms with Crippen molar-refractivity contribution < 1.29 is 13.2 Å². The topological polar surface area (TPSA) is 99.7 Å². The molecular formula is C16H32N4O3S. The van der Waals surface area contributed by atoms with Gasteiger partial charge in [0.1, 0.15) is 0 Å². The average molecular weight is 361 g/mol. The van der Waals surface area contributed by atoms with Crippen LogP contribution >= 0.6 is 0 Å². The molecule has 0 aromatic heterocycles. The second-order valence-electron chi connectivity index (χ2n) is 6.46. The van der Waals surface area contributed by atoms with Crippen LogP contribution in [0.25, 0.3) is 0 Å². The fraction of sp³-hybridized carbons (Fsp3) is 0.875. The maximum absolute atomic E-state index is 11.9. The van der Waals surface area contributed by atoms with Gasteiger partial charge in [-0.2, -0.15) is 0 Å². The van der Waals surface area contributed by atoms with E-state index in [2.05, 4.69) is 34.8 Å². The van der Waals surface area contributed by atoms with Crippen molar-refractivity contribution in [2.24, 2.45) is 4.99 Å². The van der Waals surface area contributed by atoms with Crippen LogP contribution in [0.4, 0.5) is 0 Å². The fourth-order valence-electron chi connectivity index (χ4n) is 2.70. The lowest BCUT2D eigenvalue weighted by atomic mass is 10.1. The number of hydrogen-bond acceptors (Lipinski definition) is 4. The van der Waals surface area contributed by atoms with E-state index >= 15 is 0 Å². The number of amides is 1. The minimum Gasteiger partial charge on any atom is -0.356 e. The van der Waals surface area contributed by atoms with E-state index in [4.69, 9.17) is 0 Å². The van der Waals surface area contributed by atoms with Crippen LogP contribution in [0.5, 0.6) is 0 Å². The summed E-state index contributed by atoms with van der Waals surface area (Å²) in [6, 6.07) is 0.0961. The van der Waals surface area contributed by atoms with Crippen molar-refractivity contribution in [3.8, 4) is 0 Å². The van der Waals surface area contributed by atoms with Crippen molar-refractivity contribution in [1.82, 2.24) is 16.0 Å². The number of unbranched alkanes of at least 4 members (excludes halogenated alkanes) is 2. The highest BCUT2D eigenvalue weighted by atomic mass is 32.2. The molecule has 24 heavy (non-hydrogen) atoms. The third-order valence-corrected chi connectivity index (χ3v) is 5.86. The zero-order chi connectivity index (χ0) is 18.0. The van der Waals surface area contributed by atoms with Crippen LogP contribution < -0.4 is 16.0 Å². The van der Waals surface area contributed by atoms with Crippen LogP contribution in [0.15, 0.2) is 4.99 Å². The quantitative estimate of drug-likeness (QED) is 0.321. The molecule has 1 heterocycles. The Hall–Kier alpha value is -1.31. The van der Waals surface area contributed by atoms with Crippen LogP contribution in [-0.4, -0.2) is 57.5 Å². The van der Waals surface area contributed by atoms with Gasteiger partial charge in [-0.05, 0) is 19.8 Å². The Kier molecular flexibility index (Phi) is 9.10. The summed E-state index contributed by atoms with van der Waals surface area (Å²) in [5, 5.41) is 9.22. The summed E-state index contributed by atoms with van der Waals surface area (Å²) in [7, 11) is -1.26. The molecule has 0 radical (unpaired) electrons. The average Bonchev–Trinajstić information content (AvgIpc) is 2.85. The Morgan fingerprint density at radius 3 is 2.67 bits per heavy atom. The van der Waals surface area contributed by atoms with Crippen LogP contribution in [0.3, 0.4) is 0 Å². The first-order chi connectivity index (χ1) is 11.4. The van der Waals surface area contributed by atoms with Gasteiger partial charge < -0.3 is 16.0 Å². The number of rotatable bonds is 9. The maximum Gasteiger partial charge on any atom is 0.222 e. The zero-order valence-corrected chi connectivity index (χ0v) is 15.9. The Bertz CT molecular complexity index is 519. The normalized spacial score (nSPS) is 21.3. The number of nitrogens with one attached hydrogen (secondary N) is 3. The Morgan fingerprint density at radius 2 is 2.08 bits per heavy atom. The van der Waals surface area contributed by atoms with Gasteiger partial charge in [0.25, 0.3) is 0 Å². The van der Waals surface area contributed by atoms with Crippen molar-refractivity contribution >= 4 is 21.7 Å². The van der Waals surface area contributed by atoms with Gasteiger partial charge in [0.2, 0.25) is 5.91 Å². The second kappa shape index (κ2) is 10.5. The zero-order valence-electron chi connectivity index (χ0n) is 15.1. The van der Waals surface area contributed by atoms with Gasteiger partial charge in [-0.25, -0.2) is 8.42 Å². The molecule has 0 aromatic rings. The highest BCUT2D eigenvalue weighted by Crippen LogP contribution is 2.11. The standard InChI is InChI=1S/C16H32N4O3S/c1-4-5-6-7-13(2)19-16(17-3)18-10-8-15(21)20-14-9-11-24(22,23)12-14/h13-14H,4-12H2,1-3H3,(H,20,21)(H2,17,18,19).